The molecule has 5 heteroatoms. The van der Waals surface area contributed by atoms with Gasteiger partial charge in [0.05, 0.1) is 5.60 Å². The van der Waals surface area contributed by atoms with E-state index in [1.165, 1.54) is 6.42 Å². The maximum atomic E-state index is 11.7. The fourth-order valence-electron chi connectivity index (χ4n) is 2.66. The molecule has 1 fully saturated rings. The predicted molar refractivity (Wildman–Crippen MR) is 72.4 cm³/mol. The van der Waals surface area contributed by atoms with Crippen LogP contribution in [0.3, 0.4) is 0 Å². The highest BCUT2D eigenvalue weighted by Gasteiger charge is 2.32. The molecule has 19 heavy (non-hydrogen) atoms. The molecule has 1 aliphatic carbocycles. The SMILES string of the molecule is CCC1CCC(O)(CNC(=O)Cn2cccn2)CC1. The third kappa shape index (κ3) is 4.06. The number of nitrogens with one attached hydrogen (secondary N) is 1. The number of aromatic nitrogens is 2. The van der Waals surface area contributed by atoms with Gasteiger partial charge in [-0.25, -0.2) is 0 Å². The number of rotatable bonds is 5. The first-order valence-electron chi connectivity index (χ1n) is 7.08. The Morgan fingerprint density at radius 3 is 2.84 bits per heavy atom. The molecule has 0 aromatic carbocycles. The van der Waals surface area contributed by atoms with E-state index >= 15 is 0 Å². The summed E-state index contributed by atoms with van der Waals surface area (Å²) in [5.41, 5.74) is -0.717. The number of hydrogen-bond donors (Lipinski definition) is 2. The first-order valence-corrected chi connectivity index (χ1v) is 7.08. The van der Waals surface area contributed by atoms with Gasteiger partial charge in [-0.05, 0) is 37.7 Å². The normalized spacial score (nSPS) is 27.2. The van der Waals surface area contributed by atoms with Crippen LogP contribution in [-0.4, -0.2) is 32.9 Å². The summed E-state index contributed by atoms with van der Waals surface area (Å²) in [5.74, 6) is 0.634. The quantitative estimate of drug-likeness (QED) is 0.844. The van der Waals surface area contributed by atoms with Crippen LogP contribution in [0.15, 0.2) is 18.5 Å². The molecule has 1 aromatic heterocycles. The van der Waals surface area contributed by atoms with E-state index in [-0.39, 0.29) is 12.5 Å². The van der Waals surface area contributed by atoms with Crippen LogP contribution in [0.5, 0.6) is 0 Å². The van der Waals surface area contributed by atoms with Crippen LogP contribution in [-0.2, 0) is 11.3 Å². The van der Waals surface area contributed by atoms with Crippen LogP contribution < -0.4 is 5.32 Å². The topological polar surface area (TPSA) is 67.2 Å². The number of aliphatic hydroxyl groups is 1. The van der Waals surface area contributed by atoms with E-state index in [0.717, 1.165) is 31.6 Å². The summed E-state index contributed by atoms with van der Waals surface area (Å²) in [5, 5.41) is 17.2. The highest BCUT2D eigenvalue weighted by Crippen LogP contribution is 2.33. The zero-order chi connectivity index (χ0) is 13.7. The fraction of sp³-hybridized carbons (Fsp3) is 0.714. The minimum Gasteiger partial charge on any atom is -0.388 e. The van der Waals surface area contributed by atoms with Crippen LogP contribution in [0, 0.1) is 5.92 Å². The fourth-order valence-corrected chi connectivity index (χ4v) is 2.66. The molecule has 0 saturated heterocycles. The number of carbonyl (C=O) groups is 1. The minimum atomic E-state index is -0.717. The monoisotopic (exact) mass is 265 g/mol. The highest BCUT2D eigenvalue weighted by atomic mass is 16.3. The van der Waals surface area contributed by atoms with Gasteiger partial charge in [-0.2, -0.15) is 5.10 Å². The van der Waals surface area contributed by atoms with Crippen molar-refractivity contribution in [2.24, 2.45) is 5.92 Å². The summed E-state index contributed by atoms with van der Waals surface area (Å²) in [6.07, 6.45) is 8.26. The summed E-state index contributed by atoms with van der Waals surface area (Å²) in [6, 6.07) is 1.78. The van der Waals surface area contributed by atoms with Gasteiger partial charge in [-0.15, -0.1) is 0 Å². The third-order valence-corrected chi connectivity index (χ3v) is 4.09. The molecule has 1 aromatic rings. The Morgan fingerprint density at radius 1 is 1.53 bits per heavy atom. The summed E-state index contributed by atoms with van der Waals surface area (Å²) in [7, 11) is 0. The summed E-state index contributed by atoms with van der Waals surface area (Å²) >= 11 is 0. The molecule has 0 spiro atoms. The molecule has 1 saturated carbocycles. The van der Waals surface area contributed by atoms with Crippen LogP contribution in [0.2, 0.25) is 0 Å². The van der Waals surface area contributed by atoms with E-state index in [1.54, 1.807) is 23.1 Å². The van der Waals surface area contributed by atoms with E-state index in [2.05, 4.69) is 17.3 Å². The lowest BCUT2D eigenvalue weighted by molar-refractivity contribution is -0.123. The van der Waals surface area contributed by atoms with Crippen molar-refractivity contribution in [3.05, 3.63) is 18.5 Å². The molecular formula is C14H23N3O2. The van der Waals surface area contributed by atoms with E-state index in [0.29, 0.717) is 6.54 Å². The first-order chi connectivity index (χ1) is 9.11. The van der Waals surface area contributed by atoms with E-state index in [1.807, 2.05) is 0 Å². The average Bonchev–Trinajstić information content (AvgIpc) is 2.90. The Kier molecular flexibility index (Phi) is 4.58. The smallest absolute Gasteiger partial charge is 0.241 e. The standard InChI is InChI=1S/C14H23N3O2/c1-2-12-4-6-14(19,7-5-12)11-15-13(18)10-17-9-3-8-16-17/h3,8-9,12,19H,2,4-7,10-11H2,1H3,(H,15,18). The summed E-state index contributed by atoms with van der Waals surface area (Å²) in [4.78, 5) is 11.7. The molecule has 0 atom stereocenters. The molecule has 0 radical (unpaired) electrons. The molecule has 0 bridgehead atoms. The molecule has 106 valence electrons. The molecule has 1 aliphatic rings. The number of hydrogen-bond acceptors (Lipinski definition) is 3. The Bertz CT molecular complexity index is 395. The van der Waals surface area contributed by atoms with Gasteiger partial charge in [0.25, 0.3) is 0 Å². The number of nitrogens with zero attached hydrogens (tertiary/aromatic N) is 2. The third-order valence-electron chi connectivity index (χ3n) is 4.09. The lowest BCUT2D eigenvalue weighted by atomic mass is 9.78. The Hall–Kier alpha value is -1.36. The van der Waals surface area contributed by atoms with Crippen molar-refractivity contribution in [3.63, 3.8) is 0 Å². The molecule has 2 N–H and O–H groups in total. The predicted octanol–water partition coefficient (Wildman–Crippen LogP) is 1.33. The summed E-state index contributed by atoms with van der Waals surface area (Å²) < 4.78 is 1.58. The van der Waals surface area contributed by atoms with E-state index in [9.17, 15) is 9.90 Å². The van der Waals surface area contributed by atoms with E-state index in [4.69, 9.17) is 0 Å². The number of carbonyl (C=O) groups excluding carboxylic acids is 1. The van der Waals surface area contributed by atoms with Crippen molar-refractivity contribution in [1.82, 2.24) is 15.1 Å². The average molecular weight is 265 g/mol. The van der Waals surface area contributed by atoms with Crippen molar-refractivity contribution < 1.29 is 9.90 Å². The second-order valence-electron chi connectivity index (χ2n) is 5.56. The van der Waals surface area contributed by atoms with Gasteiger partial charge < -0.3 is 10.4 Å². The maximum absolute atomic E-state index is 11.7. The molecule has 1 amide bonds. The number of amides is 1. The lowest BCUT2D eigenvalue weighted by Crippen LogP contribution is -2.46. The second kappa shape index (κ2) is 6.19. The molecule has 2 rings (SSSR count). The minimum absolute atomic E-state index is 0.102. The Labute approximate surface area is 114 Å². The van der Waals surface area contributed by atoms with Crippen LogP contribution >= 0.6 is 0 Å². The van der Waals surface area contributed by atoms with Crippen LogP contribution in [0.1, 0.15) is 39.0 Å². The first kappa shape index (κ1) is 14.1. The molecule has 1 heterocycles. The lowest BCUT2D eigenvalue weighted by Gasteiger charge is -2.35. The van der Waals surface area contributed by atoms with Crippen LogP contribution in [0.25, 0.3) is 0 Å². The van der Waals surface area contributed by atoms with Gasteiger partial charge in [0, 0.05) is 18.9 Å². The zero-order valence-corrected chi connectivity index (χ0v) is 11.5. The van der Waals surface area contributed by atoms with Crippen molar-refractivity contribution in [2.45, 2.75) is 51.2 Å². The second-order valence-corrected chi connectivity index (χ2v) is 5.56. The van der Waals surface area contributed by atoms with Gasteiger partial charge in [0.15, 0.2) is 0 Å². The highest BCUT2D eigenvalue weighted by molar-refractivity contribution is 5.75. The molecule has 5 nitrogen and oxygen atoms in total. The Balaban J connectivity index is 1.74. The van der Waals surface area contributed by atoms with Gasteiger partial charge >= 0.3 is 0 Å². The van der Waals surface area contributed by atoms with Gasteiger partial charge in [-0.1, -0.05) is 13.3 Å². The van der Waals surface area contributed by atoms with Gasteiger partial charge in [0.2, 0.25) is 5.91 Å². The van der Waals surface area contributed by atoms with Crippen molar-refractivity contribution in [2.75, 3.05) is 6.54 Å². The molecule has 0 aliphatic heterocycles. The largest absolute Gasteiger partial charge is 0.388 e. The van der Waals surface area contributed by atoms with Crippen molar-refractivity contribution >= 4 is 5.91 Å². The van der Waals surface area contributed by atoms with E-state index < -0.39 is 5.60 Å². The Morgan fingerprint density at radius 2 is 2.26 bits per heavy atom. The summed E-state index contributed by atoms with van der Waals surface area (Å²) in [6.45, 7) is 2.76. The molecular weight excluding hydrogens is 242 g/mol. The van der Waals surface area contributed by atoms with Crippen molar-refractivity contribution in [1.29, 1.82) is 0 Å². The van der Waals surface area contributed by atoms with Gasteiger partial charge in [-0.3, -0.25) is 9.48 Å². The molecule has 0 unspecified atom stereocenters. The zero-order valence-electron chi connectivity index (χ0n) is 11.5. The van der Waals surface area contributed by atoms with Crippen molar-refractivity contribution in [3.8, 4) is 0 Å². The van der Waals surface area contributed by atoms with Crippen LogP contribution in [0.4, 0.5) is 0 Å². The maximum Gasteiger partial charge on any atom is 0.241 e. The van der Waals surface area contributed by atoms with Gasteiger partial charge in [0.1, 0.15) is 6.54 Å².